The van der Waals surface area contributed by atoms with Gasteiger partial charge < -0.3 is 5.11 Å². The largest absolute Gasteiger partial charge is 0.507 e. The number of amides is 1. The van der Waals surface area contributed by atoms with E-state index in [1.54, 1.807) is 0 Å². The molecule has 0 aliphatic carbocycles. The Hall–Kier alpha value is -4.01. The van der Waals surface area contributed by atoms with Crippen LogP contribution < -0.4 is 4.90 Å². The highest BCUT2D eigenvalue weighted by molar-refractivity contribution is 6.51. The Labute approximate surface area is 190 Å². The van der Waals surface area contributed by atoms with Gasteiger partial charge in [0, 0.05) is 16.8 Å². The van der Waals surface area contributed by atoms with Crippen LogP contribution >= 0.6 is 0 Å². The first kappa shape index (κ1) is 23.2. The number of aryl methyl sites for hydroxylation is 1. The summed E-state index contributed by atoms with van der Waals surface area (Å²) in [6.07, 6.45) is -4.73. The Morgan fingerprint density at radius 1 is 0.912 bits per heavy atom. The Kier molecular flexibility index (Phi) is 5.72. The minimum absolute atomic E-state index is 0.0118. The molecule has 1 fully saturated rings. The molecule has 1 saturated heterocycles. The van der Waals surface area contributed by atoms with Gasteiger partial charge >= 0.3 is 6.18 Å². The van der Waals surface area contributed by atoms with Crippen LogP contribution in [0.15, 0.2) is 72.3 Å². The fourth-order valence-corrected chi connectivity index (χ4v) is 3.87. The number of aliphatic hydroxyl groups is 1. The SMILES string of the molecule is Cc1cc(/C(O)=C2\C(=O)C(=O)N(c3cccc(C(F)(F)F)c3)C2c2ccccc2F)ccc1F. The summed E-state index contributed by atoms with van der Waals surface area (Å²) in [7, 11) is 0. The molecule has 4 nitrogen and oxygen atoms in total. The number of hydrogen-bond acceptors (Lipinski definition) is 3. The van der Waals surface area contributed by atoms with Crippen LogP contribution in [0.2, 0.25) is 0 Å². The van der Waals surface area contributed by atoms with Gasteiger partial charge in [-0.2, -0.15) is 13.2 Å². The molecule has 1 heterocycles. The lowest BCUT2D eigenvalue weighted by atomic mass is 9.94. The quantitative estimate of drug-likeness (QED) is 0.222. The second-order valence-electron chi connectivity index (χ2n) is 7.70. The van der Waals surface area contributed by atoms with Gasteiger partial charge in [0.05, 0.1) is 17.2 Å². The number of anilines is 1. The highest BCUT2D eigenvalue weighted by Gasteiger charge is 2.48. The maximum Gasteiger partial charge on any atom is 0.416 e. The minimum atomic E-state index is -4.73. The van der Waals surface area contributed by atoms with Gasteiger partial charge in [0.15, 0.2) is 0 Å². The molecule has 1 N–H and O–H groups in total. The molecular formula is C25H16F5NO3. The van der Waals surface area contributed by atoms with Crippen molar-refractivity contribution in [1.29, 1.82) is 0 Å². The second-order valence-corrected chi connectivity index (χ2v) is 7.70. The average Bonchev–Trinajstić information content (AvgIpc) is 3.05. The number of hydrogen-bond donors (Lipinski definition) is 1. The van der Waals surface area contributed by atoms with Gasteiger partial charge in [-0.05, 0) is 55.0 Å². The molecule has 34 heavy (non-hydrogen) atoms. The van der Waals surface area contributed by atoms with E-state index in [1.807, 2.05) is 0 Å². The molecule has 0 aromatic heterocycles. The number of aliphatic hydroxyl groups excluding tert-OH is 1. The Bertz CT molecular complexity index is 1350. The summed E-state index contributed by atoms with van der Waals surface area (Å²) in [4.78, 5) is 26.7. The zero-order valence-corrected chi connectivity index (χ0v) is 17.5. The van der Waals surface area contributed by atoms with Crippen LogP contribution in [-0.2, 0) is 15.8 Å². The van der Waals surface area contributed by atoms with E-state index < -0.39 is 52.4 Å². The van der Waals surface area contributed by atoms with Crippen LogP contribution in [0.3, 0.4) is 0 Å². The molecule has 4 rings (SSSR count). The molecule has 1 amide bonds. The normalized spacial score (nSPS) is 17.9. The van der Waals surface area contributed by atoms with E-state index >= 15 is 0 Å². The van der Waals surface area contributed by atoms with Crippen LogP contribution in [0.4, 0.5) is 27.6 Å². The van der Waals surface area contributed by atoms with Crippen LogP contribution in [0.25, 0.3) is 5.76 Å². The molecule has 3 aromatic carbocycles. The fraction of sp³-hybridized carbons (Fsp3) is 0.120. The number of nitrogens with zero attached hydrogens (tertiary/aromatic N) is 1. The fourth-order valence-electron chi connectivity index (χ4n) is 3.87. The predicted molar refractivity (Wildman–Crippen MR) is 114 cm³/mol. The van der Waals surface area contributed by atoms with Crippen molar-refractivity contribution in [2.75, 3.05) is 4.90 Å². The van der Waals surface area contributed by atoms with Crippen molar-refractivity contribution >= 4 is 23.1 Å². The van der Waals surface area contributed by atoms with Crippen molar-refractivity contribution in [3.63, 3.8) is 0 Å². The molecule has 9 heteroatoms. The van der Waals surface area contributed by atoms with Crippen LogP contribution in [0.5, 0.6) is 0 Å². The lowest BCUT2D eigenvalue weighted by molar-refractivity contribution is -0.137. The summed E-state index contributed by atoms with van der Waals surface area (Å²) in [6, 6.07) is 10.7. The Morgan fingerprint density at radius 3 is 2.26 bits per heavy atom. The molecule has 1 unspecified atom stereocenters. The van der Waals surface area contributed by atoms with Crippen molar-refractivity contribution < 1.29 is 36.6 Å². The molecule has 1 aliphatic heterocycles. The standard InChI is InChI=1S/C25H16F5NO3/c1-13-11-14(9-10-18(13)26)22(32)20-21(17-7-2-3-8-19(17)27)31(24(34)23(20)33)16-6-4-5-15(12-16)25(28,29)30/h2-12,21,32H,1H3/b22-20+. The predicted octanol–water partition coefficient (Wildman–Crippen LogP) is 5.92. The van der Waals surface area contributed by atoms with E-state index in [9.17, 15) is 36.6 Å². The van der Waals surface area contributed by atoms with Crippen molar-refractivity contribution in [2.24, 2.45) is 0 Å². The summed E-state index contributed by atoms with van der Waals surface area (Å²) >= 11 is 0. The molecule has 0 radical (unpaired) electrons. The third-order valence-corrected chi connectivity index (χ3v) is 5.53. The number of carbonyl (C=O) groups excluding carboxylic acids is 2. The number of Topliss-reactive ketones (excluding diaryl/α,β-unsaturated/α-hetero) is 1. The molecule has 1 aliphatic rings. The zero-order valence-electron chi connectivity index (χ0n) is 17.5. The van der Waals surface area contributed by atoms with E-state index in [4.69, 9.17) is 0 Å². The summed E-state index contributed by atoms with van der Waals surface area (Å²) in [6.45, 7) is 1.42. The molecule has 1 atom stereocenters. The lowest BCUT2D eigenvalue weighted by Crippen LogP contribution is -2.30. The van der Waals surface area contributed by atoms with E-state index in [0.29, 0.717) is 6.07 Å². The zero-order chi connectivity index (χ0) is 24.8. The molecule has 0 bridgehead atoms. The van der Waals surface area contributed by atoms with Crippen LogP contribution in [0.1, 0.15) is 28.3 Å². The van der Waals surface area contributed by atoms with Gasteiger partial charge in [0.2, 0.25) is 0 Å². The molecule has 0 spiro atoms. The van der Waals surface area contributed by atoms with Gasteiger partial charge in [0.1, 0.15) is 17.4 Å². The first-order chi connectivity index (χ1) is 16.0. The number of halogens is 5. The average molecular weight is 473 g/mol. The molecule has 3 aromatic rings. The monoisotopic (exact) mass is 473 g/mol. The summed E-state index contributed by atoms with van der Waals surface area (Å²) in [5.41, 5.74) is -1.99. The number of rotatable bonds is 3. The molecule has 174 valence electrons. The first-order valence-electron chi connectivity index (χ1n) is 10.00. The van der Waals surface area contributed by atoms with Gasteiger partial charge in [-0.15, -0.1) is 0 Å². The minimum Gasteiger partial charge on any atom is -0.507 e. The second kappa shape index (κ2) is 8.40. The van der Waals surface area contributed by atoms with E-state index in [-0.39, 0.29) is 22.4 Å². The van der Waals surface area contributed by atoms with Crippen LogP contribution in [0, 0.1) is 18.6 Å². The topological polar surface area (TPSA) is 57.6 Å². The Morgan fingerprint density at radius 2 is 1.62 bits per heavy atom. The summed E-state index contributed by atoms with van der Waals surface area (Å²) in [5, 5.41) is 10.9. The van der Waals surface area contributed by atoms with Gasteiger partial charge in [-0.25, -0.2) is 8.78 Å². The molecular weight excluding hydrogens is 457 g/mol. The van der Waals surface area contributed by atoms with Crippen molar-refractivity contribution in [3.05, 3.63) is 106 Å². The van der Waals surface area contributed by atoms with Crippen LogP contribution in [-0.4, -0.2) is 16.8 Å². The van der Waals surface area contributed by atoms with Crippen molar-refractivity contribution in [2.45, 2.75) is 19.1 Å². The summed E-state index contributed by atoms with van der Waals surface area (Å²) < 4.78 is 68.4. The smallest absolute Gasteiger partial charge is 0.416 e. The van der Waals surface area contributed by atoms with Gasteiger partial charge in [-0.3, -0.25) is 14.5 Å². The highest BCUT2D eigenvalue weighted by atomic mass is 19.4. The van der Waals surface area contributed by atoms with Gasteiger partial charge in [0.25, 0.3) is 11.7 Å². The van der Waals surface area contributed by atoms with Crippen molar-refractivity contribution in [3.8, 4) is 0 Å². The Balaban J connectivity index is 1.98. The summed E-state index contributed by atoms with van der Waals surface area (Å²) in [5.74, 6) is -4.58. The molecule has 0 saturated carbocycles. The third-order valence-electron chi connectivity index (χ3n) is 5.53. The number of ketones is 1. The van der Waals surface area contributed by atoms with Crippen molar-refractivity contribution in [1.82, 2.24) is 0 Å². The third kappa shape index (κ3) is 3.93. The lowest BCUT2D eigenvalue weighted by Gasteiger charge is -2.26. The van der Waals surface area contributed by atoms with E-state index in [1.165, 1.54) is 43.3 Å². The maximum atomic E-state index is 14.8. The number of alkyl halides is 3. The van der Waals surface area contributed by atoms with E-state index in [2.05, 4.69) is 0 Å². The van der Waals surface area contributed by atoms with Gasteiger partial charge in [-0.1, -0.05) is 24.3 Å². The first-order valence-corrected chi connectivity index (χ1v) is 10.00. The number of carbonyl (C=O) groups is 2. The van der Waals surface area contributed by atoms with E-state index in [0.717, 1.165) is 29.2 Å². The highest BCUT2D eigenvalue weighted by Crippen LogP contribution is 2.44. The number of benzene rings is 3. The maximum absolute atomic E-state index is 14.8.